The molecule has 0 spiro atoms. The van der Waals surface area contributed by atoms with Gasteiger partial charge < -0.3 is 10.1 Å². The fourth-order valence-electron chi connectivity index (χ4n) is 2.64. The molecule has 8 heteroatoms. The van der Waals surface area contributed by atoms with Crippen LogP contribution in [0.2, 0.25) is 0 Å². The molecule has 2 aromatic carbocycles. The number of hydrogen-bond acceptors (Lipinski definition) is 5. The average Bonchev–Trinajstić information content (AvgIpc) is 2.68. The van der Waals surface area contributed by atoms with Crippen molar-refractivity contribution in [2.24, 2.45) is 0 Å². The summed E-state index contributed by atoms with van der Waals surface area (Å²) in [4.78, 5) is 23.9. The van der Waals surface area contributed by atoms with Gasteiger partial charge in [0.1, 0.15) is 0 Å². The summed E-state index contributed by atoms with van der Waals surface area (Å²) in [6.07, 6.45) is 1.78. The highest BCUT2D eigenvalue weighted by atomic mass is 32.2. The Labute approximate surface area is 171 Å². The lowest BCUT2D eigenvalue weighted by molar-refractivity contribution is -0.124. The number of aryl methyl sites for hydroxylation is 1. The molecule has 29 heavy (non-hydrogen) atoms. The molecule has 0 radical (unpaired) electrons. The number of carbonyl (C=O) groups is 2. The first kappa shape index (κ1) is 22.4. The zero-order valence-corrected chi connectivity index (χ0v) is 17.6. The molecule has 2 rings (SSSR count). The molecule has 0 unspecified atom stereocenters. The number of esters is 1. The van der Waals surface area contributed by atoms with Gasteiger partial charge in [0.15, 0.2) is 6.61 Å². The number of sulfonamides is 1. The number of nitrogens with one attached hydrogen (secondary N) is 2. The molecule has 1 atom stereocenters. The summed E-state index contributed by atoms with van der Waals surface area (Å²) in [5.41, 5.74) is 1.63. The first-order valence-corrected chi connectivity index (χ1v) is 10.9. The summed E-state index contributed by atoms with van der Waals surface area (Å²) in [5.74, 6) is -1.07. The van der Waals surface area contributed by atoms with E-state index in [0.29, 0.717) is 5.69 Å². The van der Waals surface area contributed by atoms with Gasteiger partial charge in [-0.15, -0.1) is 0 Å². The second-order valence-corrected chi connectivity index (χ2v) is 8.51. The number of amides is 1. The lowest BCUT2D eigenvalue weighted by Gasteiger charge is -2.13. The highest BCUT2D eigenvalue weighted by Crippen LogP contribution is 2.17. The van der Waals surface area contributed by atoms with Crippen molar-refractivity contribution in [3.8, 4) is 0 Å². The molecule has 0 saturated heterocycles. The zero-order chi connectivity index (χ0) is 21.4. The number of ether oxygens (including phenoxy) is 1. The molecule has 0 heterocycles. The smallest absolute Gasteiger partial charge is 0.338 e. The Morgan fingerprint density at radius 2 is 1.66 bits per heavy atom. The van der Waals surface area contributed by atoms with Crippen molar-refractivity contribution in [3.05, 3.63) is 59.7 Å². The van der Waals surface area contributed by atoms with Crippen LogP contribution in [-0.4, -0.2) is 32.9 Å². The molecule has 2 aromatic rings. The van der Waals surface area contributed by atoms with E-state index >= 15 is 0 Å². The minimum absolute atomic E-state index is 0.0109. The van der Waals surface area contributed by atoms with Crippen molar-refractivity contribution in [2.75, 3.05) is 11.3 Å². The number of carbonyl (C=O) groups excluding carboxylic acids is 2. The predicted octanol–water partition coefficient (Wildman–Crippen LogP) is 3.26. The standard InChI is InChI=1S/C21H26N2O5S/c1-4-5-16(3)22-20(24)14-28-21(25)17-8-12-19(13-9-17)29(26,27)23-18-10-6-15(2)7-11-18/h6-13,16,23H,4-5,14H2,1-3H3,(H,22,24)/t16-/m1/s1. The van der Waals surface area contributed by atoms with E-state index in [0.717, 1.165) is 18.4 Å². The van der Waals surface area contributed by atoms with Crippen LogP contribution in [0.1, 0.15) is 42.6 Å². The summed E-state index contributed by atoms with van der Waals surface area (Å²) in [7, 11) is -3.78. The van der Waals surface area contributed by atoms with Crippen LogP contribution in [0.15, 0.2) is 53.4 Å². The molecule has 0 fully saturated rings. The normalized spacial score (nSPS) is 12.1. The van der Waals surface area contributed by atoms with E-state index in [1.54, 1.807) is 24.3 Å². The van der Waals surface area contributed by atoms with Crippen LogP contribution in [0, 0.1) is 6.92 Å². The predicted molar refractivity (Wildman–Crippen MR) is 111 cm³/mol. The molecule has 1 amide bonds. The second kappa shape index (κ2) is 10.1. The van der Waals surface area contributed by atoms with E-state index in [9.17, 15) is 18.0 Å². The van der Waals surface area contributed by atoms with Gasteiger partial charge in [0, 0.05) is 11.7 Å². The molecule has 0 aliphatic heterocycles. The largest absolute Gasteiger partial charge is 0.452 e. The number of anilines is 1. The first-order chi connectivity index (χ1) is 13.7. The van der Waals surface area contributed by atoms with Gasteiger partial charge in [-0.25, -0.2) is 13.2 Å². The Hall–Kier alpha value is -2.87. The second-order valence-electron chi connectivity index (χ2n) is 6.83. The highest BCUT2D eigenvalue weighted by molar-refractivity contribution is 7.92. The maximum absolute atomic E-state index is 12.5. The Morgan fingerprint density at radius 1 is 1.03 bits per heavy atom. The molecule has 0 bridgehead atoms. The number of benzene rings is 2. The number of hydrogen-bond donors (Lipinski definition) is 2. The van der Waals surface area contributed by atoms with Crippen LogP contribution in [0.25, 0.3) is 0 Å². The summed E-state index contributed by atoms with van der Waals surface area (Å²) in [6, 6.07) is 12.3. The van der Waals surface area contributed by atoms with Crippen LogP contribution in [0.5, 0.6) is 0 Å². The SMILES string of the molecule is CCC[C@@H](C)NC(=O)COC(=O)c1ccc(S(=O)(=O)Nc2ccc(C)cc2)cc1. The van der Waals surface area contributed by atoms with Crippen molar-refractivity contribution >= 4 is 27.6 Å². The molecule has 7 nitrogen and oxygen atoms in total. The highest BCUT2D eigenvalue weighted by Gasteiger charge is 2.16. The van der Waals surface area contributed by atoms with Gasteiger partial charge in [-0.05, 0) is 56.7 Å². The van der Waals surface area contributed by atoms with E-state index in [4.69, 9.17) is 4.74 Å². The first-order valence-electron chi connectivity index (χ1n) is 9.37. The van der Waals surface area contributed by atoms with E-state index in [2.05, 4.69) is 10.0 Å². The molecule has 0 aliphatic rings. The fraction of sp³-hybridized carbons (Fsp3) is 0.333. The monoisotopic (exact) mass is 418 g/mol. The molecular formula is C21H26N2O5S. The lowest BCUT2D eigenvalue weighted by atomic mass is 10.2. The van der Waals surface area contributed by atoms with Gasteiger partial charge in [-0.3, -0.25) is 9.52 Å². The van der Waals surface area contributed by atoms with Crippen LogP contribution in [0.3, 0.4) is 0 Å². The fourth-order valence-corrected chi connectivity index (χ4v) is 3.70. The Morgan fingerprint density at radius 3 is 2.24 bits per heavy atom. The third-order valence-corrected chi connectivity index (χ3v) is 5.56. The molecule has 156 valence electrons. The molecule has 0 aromatic heterocycles. The van der Waals surface area contributed by atoms with Crippen molar-refractivity contribution in [2.45, 2.75) is 44.6 Å². The van der Waals surface area contributed by atoms with Crippen molar-refractivity contribution in [1.29, 1.82) is 0 Å². The van der Waals surface area contributed by atoms with E-state index < -0.39 is 16.0 Å². The summed E-state index contributed by atoms with van der Waals surface area (Å²) in [6.45, 7) is 5.42. The quantitative estimate of drug-likeness (QED) is 0.609. The summed E-state index contributed by atoms with van der Waals surface area (Å²) in [5, 5.41) is 2.74. The third kappa shape index (κ3) is 6.90. The van der Waals surface area contributed by atoms with Gasteiger partial charge in [0.25, 0.3) is 15.9 Å². The van der Waals surface area contributed by atoms with Gasteiger partial charge >= 0.3 is 5.97 Å². The van der Waals surface area contributed by atoms with E-state index in [-0.39, 0.29) is 29.0 Å². The van der Waals surface area contributed by atoms with Crippen LogP contribution in [0.4, 0.5) is 5.69 Å². The Kier molecular flexibility index (Phi) is 7.78. The molecule has 0 aliphatic carbocycles. The van der Waals surface area contributed by atoms with Gasteiger partial charge in [0.2, 0.25) is 0 Å². The van der Waals surface area contributed by atoms with Crippen molar-refractivity contribution in [3.63, 3.8) is 0 Å². The third-order valence-electron chi connectivity index (χ3n) is 4.17. The van der Waals surface area contributed by atoms with E-state index in [1.165, 1.54) is 24.3 Å². The van der Waals surface area contributed by atoms with Crippen LogP contribution >= 0.6 is 0 Å². The maximum Gasteiger partial charge on any atom is 0.338 e. The molecule has 0 saturated carbocycles. The topological polar surface area (TPSA) is 102 Å². The molecular weight excluding hydrogens is 392 g/mol. The Balaban J connectivity index is 1.95. The average molecular weight is 419 g/mol. The van der Waals surface area contributed by atoms with Crippen molar-refractivity contribution < 1.29 is 22.7 Å². The van der Waals surface area contributed by atoms with Crippen LogP contribution in [-0.2, 0) is 19.6 Å². The number of rotatable bonds is 9. The van der Waals surface area contributed by atoms with Gasteiger partial charge in [-0.2, -0.15) is 0 Å². The lowest BCUT2D eigenvalue weighted by Crippen LogP contribution is -2.35. The Bertz CT molecular complexity index is 938. The van der Waals surface area contributed by atoms with Crippen molar-refractivity contribution in [1.82, 2.24) is 5.32 Å². The van der Waals surface area contributed by atoms with Gasteiger partial charge in [-0.1, -0.05) is 31.0 Å². The summed E-state index contributed by atoms with van der Waals surface area (Å²) >= 11 is 0. The van der Waals surface area contributed by atoms with Gasteiger partial charge in [0.05, 0.1) is 10.5 Å². The minimum Gasteiger partial charge on any atom is -0.452 e. The minimum atomic E-state index is -3.78. The molecule has 2 N–H and O–H groups in total. The van der Waals surface area contributed by atoms with Crippen LogP contribution < -0.4 is 10.0 Å². The summed E-state index contributed by atoms with van der Waals surface area (Å²) < 4.78 is 32.4. The zero-order valence-electron chi connectivity index (χ0n) is 16.8. The van der Waals surface area contributed by atoms with E-state index in [1.807, 2.05) is 20.8 Å². The maximum atomic E-state index is 12.5.